The largest absolute Gasteiger partial charge is 0.343 e. The first-order chi connectivity index (χ1) is 9.92. The highest BCUT2D eigenvalue weighted by atomic mass is 35.5. The monoisotopic (exact) mass is 328 g/mol. The van der Waals surface area contributed by atoms with Gasteiger partial charge in [-0.05, 0) is 30.9 Å². The molecule has 1 saturated heterocycles. The SMILES string of the molecule is CCC1NC(=O)C(CC(C)C)N(Cc2ccc(Cl)s2)C1=O. The number of amides is 2. The Morgan fingerprint density at radius 1 is 1.38 bits per heavy atom. The second kappa shape index (κ2) is 6.79. The van der Waals surface area contributed by atoms with E-state index in [2.05, 4.69) is 19.2 Å². The van der Waals surface area contributed by atoms with E-state index in [9.17, 15) is 9.59 Å². The molecule has 1 aliphatic heterocycles. The van der Waals surface area contributed by atoms with Crippen LogP contribution >= 0.6 is 22.9 Å². The number of hydrogen-bond acceptors (Lipinski definition) is 3. The molecule has 1 aliphatic rings. The zero-order valence-electron chi connectivity index (χ0n) is 12.6. The van der Waals surface area contributed by atoms with E-state index < -0.39 is 6.04 Å². The van der Waals surface area contributed by atoms with Crippen molar-refractivity contribution in [1.29, 1.82) is 0 Å². The van der Waals surface area contributed by atoms with Crippen LogP contribution in [0.4, 0.5) is 0 Å². The summed E-state index contributed by atoms with van der Waals surface area (Å²) in [7, 11) is 0. The third-order valence-electron chi connectivity index (χ3n) is 3.63. The Bertz CT molecular complexity index is 529. The first kappa shape index (κ1) is 16.3. The van der Waals surface area contributed by atoms with E-state index in [-0.39, 0.29) is 17.9 Å². The van der Waals surface area contributed by atoms with Gasteiger partial charge in [0.15, 0.2) is 0 Å². The molecule has 2 amide bonds. The normalized spacial score (nSPS) is 22.8. The van der Waals surface area contributed by atoms with Crippen LogP contribution in [0.1, 0.15) is 38.5 Å². The van der Waals surface area contributed by atoms with E-state index in [1.165, 1.54) is 11.3 Å². The molecule has 1 aromatic heterocycles. The molecule has 0 radical (unpaired) electrons. The van der Waals surface area contributed by atoms with Crippen LogP contribution in [-0.4, -0.2) is 28.8 Å². The highest BCUT2D eigenvalue weighted by molar-refractivity contribution is 7.16. The first-order valence-corrected chi connectivity index (χ1v) is 8.46. The predicted octanol–water partition coefficient (Wildman–Crippen LogP) is 3.05. The van der Waals surface area contributed by atoms with Crippen molar-refractivity contribution in [2.45, 2.75) is 52.2 Å². The van der Waals surface area contributed by atoms with Crippen LogP contribution in [0.25, 0.3) is 0 Å². The molecule has 2 atom stereocenters. The summed E-state index contributed by atoms with van der Waals surface area (Å²) in [5.74, 6) is 0.311. The summed E-state index contributed by atoms with van der Waals surface area (Å²) in [6, 6.07) is 2.95. The molecular weight excluding hydrogens is 308 g/mol. The van der Waals surface area contributed by atoms with Crippen molar-refractivity contribution in [3.8, 4) is 0 Å². The molecule has 116 valence electrons. The average molecular weight is 329 g/mol. The van der Waals surface area contributed by atoms with Crippen LogP contribution in [0, 0.1) is 5.92 Å². The van der Waals surface area contributed by atoms with Gasteiger partial charge in [0.1, 0.15) is 12.1 Å². The summed E-state index contributed by atoms with van der Waals surface area (Å²) in [5.41, 5.74) is 0. The van der Waals surface area contributed by atoms with Crippen LogP contribution in [0.15, 0.2) is 12.1 Å². The average Bonchev–Trinajstić information content (AvgIpc) is 2.82. The van der Waals surface area contributed by atoms with Crippen LogP contribution in [0.3, 0.4) is 0 Å². The molecule has 21 heavy (non-hydrogen) atoms. The maximum Gasteiger partial charge on any atom is 0.246 e. The zero-order chi connectivity index (χ0) is 15.6. The lowest BCUT2D eigenvalue weighted by Crippen LogP contribution is -2.62. The summed E-state index contributed by atoms with van der Waals surface area (Å²) in [6.07, 6.45) is 1.29. The van der Waals surface area contributed by atoms with Gasteiger partial charge in [0.25, 0.3) is 0 Å². The number of carbonyl (C=O) groups excluding carboxylic acids is 2. The van der Waals surface area contributed by atoms with Gasteiger partial charge >= 0.3 is 0 Å². The van der Waals surface area contributed by atoms with Crippen LogP contribution in [0.5, 0.6) is 0 Å². The second-order valence-corrected chi connectivity index (χ2v) is 7.59. The highest BCUT2D eigenvalue weighted by Crippen LogP contribution is 2.26. The van der Waals surface area contributed by atoms with Gasteiger partial charge in [0, 0.05) is 4.88 Å². The molecule has 1 fully saturated rings. The van der Waals surface area contributed by atoms with Crippen LogP contribution in [-0.2, 0) is 16.1 Å². The third kappa shape index (κ3) is 3.77. The van der Waals surface area contributed by atoms with E-state index >= 15 is 0 Å². The van der Waals surface area contributed by atoms with Crippen molar-refractivity contribution in [2.24, 2.45) is 5.92 Å². The number of rotatable bonds is 5. The highest BCUT2D eigenvalue weighted by Gasteiger charge is 2.39. The Labute approximate surface area is 134 Å². The van der Waals surface area contributed by atoms with Gasteiger partial charge in [0.05, 0.1) is 10.9 Å². The molecule has 2 heterocycles. The van der Waals surface area contributed by atoms with Gasteiger partial charge in [-0.15, -0.1) is 11.3 Å². The molecular formula is C15H21ClN2O2S. The molecule has 0 spiro atoms. The molecule has 1 N–H and O–H groups in total. The van der Waals surface area contributed by atoms with E-state index in [0.29, 0.717) is 29.6 Å². The topological polar surface area (TPSA) is 49.4 Å². The summed E-state index contributed by atoms with van der Waals surface area (Å²) in [5, 5.41) is 2.84. The molecule has 6 heteroatoms. The van der Waals surface area contributed by atoms with Crippen molar-refractivity contribution in [3.63, 3.8) is 0 Å². The second-order valence-electron chi connectivity index (χ2n) is 5.79. The van der Waals surface area contributed by atoms with Crippen molar-refractivity contribution >= 4 is 34.8 Å². The fraction of sp³-hybridized carbons (Fsp3) is 0.600. The Kier molecular flexibility index (Phi) is 5.27. The van der Waals surface area contributed by atoms with Crippen molar-refractivity contribution in [3.05, 3.63) is 21.3 Å². The summed E-state index contributed by atoms with van der Waals surface area (Å²) < 4.78 is 0.700. The lowest BCUT2D eigenvalue weighted by atomic mass is 9.97. The summed E-state index contributed by atoms with van der Waals surface area (Å²) >= 11 is 7.41. The number of hydrogen-bond donors (Lipinski definition) is 1. The standard InChI is InChI=1S/C15H21ClN2O2S/c1-4-11-15(20)18(8-10-5-6-13(16)21-10)12(7-9(2)3)14(19)17-11/h5-6,9,11-12H,4,7-8H2,1-3H3,(H,17,19). The molecule has 0 aliphatic carbocycles. The number of nitrogens with zero attached hydrogens (tertiary/aromatic N) is 1. The van der Waals surface area contributed by atoms with Crippen LogP contribution < -0.4 is 5.32 Å². The molecule has 0 saturated carbocycles. The number of nitrogens with one attached hydrogen (secondary N) is 1. The first-order valence-electron chi connectivity index (χ1n) is 7.27. The lowest BCUT2D eigenvalue weighted by Gasteiger charge is -2.39. The van der Waals surface area contributed by atoms with Gasteiger partial charge < -0.3 is 10.2 Å². The molecule has 0 aromatic carbocycles. The van der Waals surface area contributed by atoms with Crippen LogP contribution in [0.2, 0.25) is 4.34 Å². The van der Waals surface area contributed by atoms with Crippen molar-refractivity contribution < 1.29 is 9.59 Å². The Morgan fingerprint density at radius 2 is 2.10 bits per heavy atom. The maximum absolute atomic E-state index is 12.6. The van der Waals surface area contributed by atoms with Gasteiger partial charge in [-0.1, -0.05) is 32.4 Å². The predicted molar refractivity (Wildman–Crippen MR) is 85.3 cm³/mol. The Balaban J connectivity index is 2.23. The maximum atomic E-state index is 12.6. The molecule has 1 aromatic rings. The van der Waals surface area contributed by atoms with Gasteiger partial charge in [-0.3, -0.25) is 9.59 Å². The molecule has 0 bridgehead atoms. The minimum Gasteiger partial charge on any atom is -0.343 e. The minimum absolute atomic E-state index is 0.00673. The number of halogens is 1. The fourth-order valence-corrected chi connectivity index (χ4v) is 3.66. The summed E-state index contributed by atoms with van der Waals surface area (Å²) in [4.78, 5) is 27.6. The van der Waals surface area contributed by atoms with E-state index in [0.717, 1.165) is 4.88 Å². The van der Waals surface area contributed by atoms with Gasteiger partial charge in [0.2, 0.25) is 11.8 Å². The lowest BCUT2D eigenvalue weighted by molar-refractivity contribution is -0.150. The Hall–Kier alpha value is -1.07. The number of carbonyl (C=O) groups is 2. The number of piperazine rings is 1. The minimum atomic E-state index is -0.406. The molecule has 2 rings (SSSR count). The molecule has 4 nitrogen and oxygen atoms in total. The van der Waals surface area contributed by atoms with Crippen molar-refractivity contribution in [1.82, 2.24) is 10.2 Å². The Morgan fingerprint density at radius 3 is 2.62 bits per heavy atom. The zero-order valence-corrected chi connectivity index (χ0v) is 14.1. The fourth-order valence-electron chi connectivity index (χ4n) is 2.58. The summed E-state index contributed by atoms with van der Waals surface area (Å²) in [6.45, 7) is 6.48. The smallest absolute Gasteiger partial charge is 0.246 e. The van der Waals surface area contributed by atoms with Gasteiger partial charge in [-0.25, -0.2) is 0 Å². The van der Waals surface area contributed by atoms with E-state index in [1.807, 2.05) is 19.1 Å². The van der Waals surface area contributed by atoms with E-state index in [1.54, 1.807) is 4.90 Å². The third-order valence-corrected chi connectivity index (χ3v) is 4.85. The van der Waals surface area contributed by atoms with Gasteiger partial charge in [-0.2, -0.15) is 0 Å². The molecule has 2 unspecified atom stereocenters. The van der Waals surface area contributed by atoms with E-state index in [4.69, 9.17) is 11.6 Å². The quantitative estimate of drug-likeness (QED) is 0.903. The number of thiophene rings is 1. The van der Waals surface area contributed by atoms with Crippen molar-refractivity contribution in [2.75, 3.05) is 0 Å².